The summed E-state index contributed by atoms with van der Waals surface area (Å²) in [7, 11) is 3.16. The van der Waals surface area contributed by atoms with Gasteiger partial charge in [-0.15, -0.1) is 0 Å². The Labute approximate surface area is 136 Å². The molecule has 0 radical (unpaired) electrons. The first-order valence-electron chi connectivity index (χ1n) is 7.20. The summed E-state index contributed by atoms with van der Waals surface area (Å²) in [5, 5.41) is 11.5. The Balaban J connectivity index is 2.12. The Morgan fingerprint density at radius 3 is 2.83 bits per heavy atom. The summed E-state index contributed by atoms with van der Waals surface area (Å²) in [6.07, 6.45) is 0. The molecule has 2 aromatic rings. The standard InChI is InChI=1S/C15H15N3O6/c1-16(2)13(19)8-24-12-6-9-5-10(18(21)22)7-11-14(9)17(15(12)20)3-4-23-11/h5-7H,3-4,8H2,1-2H3. The van der Waals surface area contributed by atoms with Gasteiger partial charge >= 0.3 is 0 Å². The number of carbonyl (C=O) groups is 1. The van der Waals surface area contributed by atoms with Crippen LogP contribution in [0, 0.1) is 10.1 Å². The van der Waals surface area contributed by atoms with E-state index >= 15 is 0 Å². The zero-order valence-corrected chi connectivity index (χ0v) is 13.1. The van der Waals surface area contributed by atoms with E-state index in [9.17, 15) is 19.7 Å². The third-order valence-electron chi connectivity index (χ3n) is 3.73. The van der Waals surface area contributed by atoms with E-state index in [-0.39, 0.29) is 30.6 Å². The SMILES string of the molecule is CN(C)C(=O)COc1cc2cc([N+](=O)[O-])cc3c2n(c1=O)CCO3. The number of non-ortho nitro benzene ring substituents is 1. The van der Waals surface area contributed by atoms with Crippen LogP contribution < -0.4 is 15.0 Å². The highest BCUT2D eigenvalue weighted by atomic mass is 16.6. The molecule has 0 spiro atoms. The minimum Gasteiger partial charge on any atom is -0.489 e. The van der Waals surface area contributed by atoms with Crippen LogP contribution in [0.2, 0.25) is 0 Å². The summed E-state index contributed by atoms with van der Waals surface area (Å²) in [5.74, 6) is -0.0271. The fourth-order valence-corrected chi connectivity index (χ4v) is 2.50. The minimum absolute atomic E-state index is 0.0222. The smallest absolute Gasteiger partial charge is 0.293 e. The van der Waals surface area contributed by atoms with Gasteiger partial charge in [-0.25, -0.2) is 0 Å². The molecule has 1 aliphatic heterocycles. The fraction of sp³-hybridized carbons (Fsp3) is 0.333. The predicted octanol–water partition coefficient (Wildman–Crippen LogP) is 0.769. The van der Waals surface area contributed by atoms with Crippen molar-refractivity contribution in [3.63, 3.8) is 0 Å². The molecule has 0 bridgehead atoms. The van der Waals surface area contributed by atoms with Gasteiger partial charge in [0.1, 0.15) is 6.61 Å². The van der Waals surface area contributed by atoms with Crippen molar-refractivity contribution in [1.82, 2.24) is 9.47 Å². The Hall–Kier alpha value is -3.10. The zero-order chi connectivity index (χ0) is 17.4. The first kappa shape index (κ1) is 15.8. The van der Waals surface area contributed by atoms with Crippen molar-refractivity contribution in [3.8, 4) is 11.5 Å². The Bertz CT molecular complexity index is 902. The van der Waals surface area contributed by atoms with Gasteiger partial charge < -0.3 is 14.4 Å². The van der Waals surface area contributed by atoms with Crippen molar-refractivity contribution in [2.75, 3.05) is 27.3 Å². The average Bonchev–Trinajstić information content (AvgIpc) is 2.55. The number of amides is 1. The highest BCUT2D eigenvalue weighted by Crippen LogP contribution is 2.33. The van der Waals surface area contributed by atoms with Crippen LogP contribution in [0.15, 0.2) is 23.0 Å². The molecule has 3 rings (SSSR count). The van der Waals surface area contributed by atoms with Crippen LogP contribution >= 0.6 is 0 Å². The van der Waals surface area contributed by atoms with Crippen molar-refractivity contribution in [3.05, 3.63) is 38.7 Å². The Morgan fingerprint density at radius 2 is 2.17 bits per heavy atom. The molecule has 0 atom stereocenters. The molecule has 0 saturated heterocycles. The highest BCUT2D eigenvalue weighted by Gasteiger charge is 2.22. The average molecular weight is 333 g/mol. The molecular weight excluding hydrogens is 318 g/mol. The summed E-state index contributed by atoms with van der Waals surface area (Å²) in [4.78, 5) is 36.0. The van der Waals surface area contributed by atoms with Crippen LogP contribution in [-0.4, -0.2) is 47.6 Å². The maximum absolute atomic E-state index is 12.5. The molecule has 9 heteroatoms. The van der Waals surface area contributed by atoms with E-state index in [1.54, 1.807) is 14.1 Å². The van der Waals surface area contributed by atoms with Crippen molar-refractivity contribution < 1.29 is 19.2 Å². The molecule has 0 N–H and O–H groups in total. The van der Waals surface area contributed by atoms with Crippen molar-refractivity contribution in [2.24, 2.45) is 0 Å². The number of pyridine rings is 1. The van der Waals surface area contributed by atoms with Gasteiger partial charge in [-0.3, -0.25) is 24.3 Å². The first-order valence-corrected chi connectivity index (χ1v) is 7.20. The molecule has 0 aliphatic carbocycles. The molecule has 1 aliphatic rings. The van der Waals surface area contributed by atoms with Crippen LogP contribution in [0.3, 0.4) is 0 Å². The maximum Gasteiger partial charge on any atom is 0.293 e. The van der Waals surface area contributed by atoms with Gasteiger partial charge in [0.05, 0.1) is 23.1 Å². The molecule has 0 unspecified atom stereocenters. The molecule has 0 fully saturated rings. The van der Waals surface area contributed by atoms with Gasteiger partial charge in [0.25, 0.3) is 17.2 Å². The monoisotopic (exact) mass is 333 g/mol. The molecule has 0 saturated carbocycles. The summed E-state index contributed by atoms with van der Waals surface area (Å²) in [6.45, 7) is 0.244. The molecule has 1 amide bonds. The molecule has 24 heavy (non-hydrogen) atoms. The second-order valence-electron chi connectivity index (χ2n) is 5.53. The first-order chi connectivity index (χ1) is 11.4. The zero-order valence-electron chi connectivity index (χ0n) is 13.1. The number of ether oxygens (including phenoxy) is 2. The predicted molar refractivity (Wildman–Crippen MR) is 84.5 cm³/mol. The summed E-state index contributed by atoms with van der Waals surface area (Å²) in [5.41, 5.74) is -0.0458. The molecule has 126 valence electrons. The number of nitro groups is 1. The number of hydrogen-bond acceptors (Lipinski definition) is 6. The van der Waals surface area contributed by atoms with Gasteiger partial charge in [0, 0.05) is 25.5 Å². The lowest BCUT2D eigenvalue weighted by Crippen LogP contribution is -2.31. The Kier molecular flexibility index (Phi) is 3.84. The van der Waals surface area contributed by atoms with Crippen LogP contribution in [0.4, 0.5) is 5.69 Å². The number of carbonyl (C=O) groups excluding carboxylic acids is 1. The number of nitrogens with zero attached hydrogens (tertiary/aromatic N) is 3. The second-order valence-corrected chi connectivity index (χ2v) is 5.53. The number of likely N-dealkylation sites (N-methyl/N-ethyl adjacent to an activating group) is 1. The number of benzene rings is 1. The molecule has 1 aromatic heterocycles. The quantitative estimate of drug-likeness (QED) is 0.604. The molecular formula is C15H15N3O6. The largest absolute Gasteiger partial charge is 0.489 e. The van der Waals surface area contributed by atoms with Gasteiger partial charge in [-0.1, -0.05) is 0 Å². The van der Waals surface area contributed by atoms with Crippen molar-refractivity contribution in [2.45, 2.75) is 6.54 Å². The van der Waals surface area contributed by atoms with E-state index < -0.39 is 10.5 Å². The second kappa shape index (κ2) is 5.84. The number of aromatic nitrogens is 1. The van der Waals surface area contributed by atoms with Gasteiger partial charge in [-0.05, 0) is 6.07 Å². The number of hydrogen-bond donors (Lipinski definition) is 0. The van der Waals surface area contributed by atoms with E-state index in [4.69, 9.17) is 9.47 Å². The highest BCUT2D eigenvalue weighted by molar-refractivity contribution is 5.89. The number of nitro benzene ring substituents is 1. The molecule has 2 heterocycles. The van der Waals surface area contributed by atoms with Gasteiger partial charge in [0.2, 0.25) is 0 Å². The van der Waals surface area contributed by atoms with Crippen LogP contribution in [0.1, 0.15) is 0 Å². The summed E-state index contributed by atoms with van der Waals surface area (Å²) < 4.78 is 12.2. The topological polar surface area (TPSA) is 104 Å². The third kappa shape index (κ3) is 2.64. The van der Waals surface area contributed by atoms with E-state index in [0.29, 0.717) is 23.2 Å². The van der Waals surface area contributed by atoms with Gasteiger partial charge in [0.15, 0.2) is 18.1 Å². The summed E-state index contributed by atoms with van der Waals surface area (Å²) >= 11 is 0. The van der Waals surface area contributed by atoms with Crippen LogP contribution in [-0.2, 0) is 11.3 Å². The summed E-state index contributed by atoms with van der Waals surface area (Å²) in [6, 6.07) is 4.06. The van der Waals surface area contributed by atoms with E-state index in [1.165, 1.54) is 27.7 Å². The molecule has 1 aromatic carbocycles. The minimum atomic E-state index is -0.528. The van der Waals surface area contributed by atoms with Crippen LogP contribution in [0.25, 0.3) is 10.9 Å². The number of rotatable bonds is 4. The van der Waals surface area contributed by atoms with Crippen LogP contribution in [0.5, 0.6) is 11.5 Å². The maximum atomic E-state index is 12.5. The van der Waals surface area contributed by atoms with Crippen molar-refractivity contribution in [1.29, 1.82) is 0 Å². The lowest BCUT2D eigenvalue weighted by atomic mass is 10.1. The van der Waals surface area contributed by atoms with Crippen molar-refractivity contribution >= 4 is 22.5 Å². The third-order valence-corrected chi connectivity index (χ3v) is 3.73. The van der Waals surface area contributed by atoms with Gasteiger partial charge in [-0.2, -0.15) is 0 Å². The lowest BCUT2D eigenvalue weighted by molar-refractivity contribution is -0.384. The van der Waals surface area contributed by atoms with E-state index in [2.05, 4.69) is 0 Å². The molecule has 9 nitrogen and oxygen atoms in total. The normalized spacial score (nSPS) is 12.6. The Morgan fingerprint density at radius 1 is 1.42 bits per heavy atom. The van der Waals surface area contributed by atoms with E-state index in [0.717, 1.165) is 0 Å². The van der Waals surface area contributed by atoms with E-state index in [1.807, 2.05) is 0 Å². The fourth-order valence-electron chi connectivity index (χ4n) is 2.50. The lowest BCUT2D eigenvalue weighted by Gasteiger charge is -2.21.